The van der Waals surface area contributed by atoms with Gasteiger partial charge < -0.3 is 10.1 Å². The van der Waals surface area contributed by atoms with Crippen LogP contribution in [0.5, 0.6) is 5.75 Å². The average Bonchev–Trinajstić information content (AvgIpc) is 3.00. The van der Waals surface area contributed by atoms with Crippen molar-refractivity contribution < 1.29 is 9.13 Å². The summed E-state index contributed by atoms with van der Waals surface area (Å²) >= 11 is 3.39. The summed E-state index contributed by atoms with van der Waals surface area (Å²) in [6.45, 7) is 1.78. The Kier molecular flexibility index (Phi) is 4.20. The first-order valence-electron chi connectivity index (χ1n) is 6.68. The fraction of sp³-hybridized carbons (Fsp3) is 0.188. The molecule has 0 saturated heterocycles. The van der Waals surface area contributed by atoms with Crippen LogP contribution in [0.1, 0.15) is 11.1 Å². The number of benzene rings is 2. The van der Waals surface area contributed by atoms with Crippen molar-refractivity contribution in [2.24, 2.45) is 4.99 Å². The van der Waals surface area contributed by atoms with E-state index in [1.807, 2.05) is 24.3 Å². The van der Waals surface area contributed by atoms with Crippen LogP contribution in [0.25, 0.3) is 0 Å². The fourth-order valence-corrected chi connectivity index (χ4v) is 2.43. The van der Waals surface area contributed by atoms with E-state index in [1.54, 1.807) is 12.1 Å². The van der Waals surface area contributed by atoms with Crippen LogP contribution in [0.4, 0.5) is 4.39 Å². The quantitative estimate of drug-likeness (QED) is 0.917. The maximum atomic E-state index is 14.1. The van der Waals surface area contributed by atoms with Gasteiger partial charge in [0, 0.05) is 11.0 Å². The molecule has 0 amide bonds. The third-order valence-corrected chi connectivity index (χ3v) is 3.72. The lowest BCUT2D eigenvalue weighted by Crippen LogP contribution is -2.21. The van der Waals surface area contributed by atoms with Crippen LogP contribution in [0.15, 0.2) is 51.9 Å². The smallest absolute Gasteiger partial charge is 0.137 e. The van der Waals surface area contributed by atoms with Crippen LogP contribution in [-0.4, -0.2) is 18.9 Å². The number of hydrogen-bond acceptors (Lipinski definition) is 3. The van der Waals surface area contributed by atoms with Crippen molar-refractivity contribution in [3.05, 3.63) is 63.9 Å². The molecule has 1 aliphatic rings. The highest BCUT2D eigenvalue weighted by Crippen LogP contribution is 2.24. The fourth-order valence-electron chi connectivity index (χ4n) is 2.16. The van der Waals surface area contributed by atoms with Crippen molar-refractivity contribution in [3.8, 4) is 5.75 Å². The van der Waals surface area contributed by atoms with E-state index in [1.165, 1.54) is 6.07 Å². The van der Waals surface area contributed by atoms with Gasteiger partial charge in [-0.05, 0) is 29.8 Å². The predicted molar refractivity (Wildman–Crippen MR) is 84.3 cm³/mol. The molecule has 2 aromatic carbocycles. The highest BCUT2D eigenvalue weighted by molar-refractivity contribution is 9.10. The topological polar surface area (TPSA) is 33.6 Å². The second kappa shape index (κ2) is 6.26. The number of amidine groups is 1. The third-order valence-electron chi connectivity index (χ3n) is 3.19. The summed E-state index contributed by atoms with van der Waals surface area (Å²) in [4.78, 5) is 4.27. The van der Waals surface area contributed by atoms with Crippen molar-refractivity contribution >= 4 is 21.8 Å². The van der Waals surface area contributed by atoms with E-state index in [9.17, 15) is 4.39 Å². The number of nitrogens with zero attached hydrogens (tertiary/aromatic N) is 1. The molecule has 0 unspecified atom stereocenters. The Balaban J connectivity index is 1.82. The first-order valence-corrected chi connectivity index (χ1v) is 7.48. The predicted octanol–water partition coefficient (Wildman–Crippen LogP) is 3.52. The standard InChI is InChI=1S/C16H14BrFN2O/c17-12-6-4-11(5-7-12)10-21-14-3-1-2-13(18)15(14)16-19-8-9-20-16/h1-7H,8-10H2,(H,19,20). The van der Waals surface area contributed by atoms with E-state index in [-0.39, 0.29) is 5.82 Å². The molecule has 0 saturated carbocycles. The molecule has 0 aliphatic carbocycles. The van der Waals surface area contributed by atoms with Crippen molar-refractivity contribution in [3.63, 3.8) is 0 Å². The van der Waals surface area contributed by atoms with Gasteiger partial charge in [0.15, 0.2) is 0 Å². The molecule has 5 heteroatoms. The summed E-state index contributed by atoms with van der Waals surface area (Å²) in [5, 5.41) is 3.08. The van der Waals surface area contributed by atoms with E-state index < -0.39 is 0 Å². The van der Waals surface area contributed by atoms with Crippen molar-refractivity contribution in [2.45, 2.75) is 6.61 Å². The summed E-state index contributed by atoms with van der Waals surface area (Å²) in [6.07, 6.45) is 0. The minimum atomic E-state index is -0.323. The summed E-state index contributed by atoms with van der Waals surface area (Å²) in [5.74, 6) is 0.751. The minimum absolute atomic E-state index is 0.323. The Morgan fingerprint density at radius 3 is 2.71 bits per heavy atom. The molecule has 0 radical (unpaired) electrons. The molecule has 0 atom stereocenters. The van der Waals surface area contributed by atoms with E-state index >= 15 is 0 Å². The molecule has 21 heavy (non-hydrogen) atoms. The molecule has 0 spiro atoms. The lowest BCUT2D eigenvalue weighted by molar-refractivity contribution is 0.304. The number of nitrogens with one attached hydrogen (secondary N) is 1. The van der Waals surface area contributed by atoms with Crippen LogP contribution in [0.2, 0.25) is 0 Å². The molecule has 3 rings (SSSR count). The first-order chi connectivity index (χ1) is 10.2. The Labute approximate surface area is 131 Å². The van der Waals surface area contributed by atoms with Crippen molar-refractivity contribution in [1.29, 1.82) is 0 Å². The summed E-state index contributed by atoms with van der Waals surface area (Å²) < 4.78 is 20.9. The monoisotopic (exact) mass is 348 g/mol. The number of ether oxygens (including phenoxy) is 1. The average molecular weight is 349 g/mol. The van der Waals surface area contributed by atoms with E-state index in [4.69, 9.17) is 4.74 Å². The highest BCUT2D eigenvalue weighted by atomic mass is 79.9. The summed E-state index contributed by atoms with van der Waals surface area (Å²) in [5.41, 5.74) is 1.43. The number of hydrogen-bond donors (Lipinski definition) is 1. The maximum Gasteiger partial charge on any atom is 0.137 e. The first kappa shape index (κ1) is 14.1. The van der Waals surface area contributed by atoms with Gasteiger partial charge in [0.1, 0.15) is 24.0 Å². The van der Waals surface area contributed by atoms with Gasteiger partial charge in [-0.25, -0.2) is 4.39 Å². The van der Waals surface area contributed by atoms with Crippen LogP contribution in [-0.2, 0) is 6.61 Å². The van der Waals surface area contributed by atoms with E-state index in [0.29, 0.717) is 30.3 Å². The molecular formula is C16H14BrFN2O. The lowest BCUT2D eigenvalue weighted by Gasteiger charge is -2.12. The molecule has 0 bridgehead atoms. The van der Waals surface area contributed by atoms with Gasteiger partial charge in [0.2, 0.25) is 0 Å². The largest absolute Gasteiger partial charge is 0.488 e. The Morgan fingerprint density at radius 2 is 2.00 bits per heavy atom. The Bertz CT molecular complexity index is 670. The van der Waals surface area contributed by atoms with Gasteiger partial charge in [-0.15, -0.1) is 0 Å². The molecule has 108 valence electrons. The zero-order valence-corrected chi connectivity index (χ0v) is 12.9. The highest BCUT2D eigenvalue weighted by Gasteiger charge is 2.18. The summed E-state index contributed by atoms with van der Waals surface area (Å²) in [6, 6.07) is 12.7. The molecule has 1 heterocycles. The number of aliphatic imine (C=N–C) groups is 1. The molecule has 0 fully saturated rings. The maximum absolute atomic E-state index is 14.1. The zero-order chi connectivity index (χ0) is 14.7. The second-order valence-electron chi connectivity index (χ2n) is 4.69. The molecule has 1 aliphatic heterocycles. The Morgan fingerprint density at radius 1 is 1.19 bits per heavy atom. The summed E-state index contributed by atoms with van der Waals surface area (Å²) in [7, 11) is 0. The van der Waals surface area contributed by atoms with Gasteiger partial charge in [-0.2, -0.15) is 0 Å². The van der Waals surface area contributed by atoms with Crippen LogP contribution < -0.4 is 10.1 Å². The van der Waals surface area contributed by atoms with Gasteiger partial charge in [-0.1, -0.05) is 34.1 Å². The normalized spacial score (nSPS) is 13.7. The van der Waals surface area contributed by atoms with Crippen molar-refractivity contribution in [1.82, 2.24) is 5.32 Å². The molecule has 3 nitrogen and oxygen atoms in total. The van der Waals surface area contributed by atoms with Crippen LogP contribution in [0, 0.1) is 5.82 Å². The number of halogens is 2. The Hall–Kier alpha value is -1.88. The second-order valence-corrected chi connectivity index (χ2v) is 5.60. The molecule has 1 N–H and O–H groups in total. The van der Waals surface area contributed by atoms with E-state index in [2.05, 4.69) is 26.2 Å². The SMILES string of the molecule is Fc1cccc(OCc2ccc(Br)cc2)c1C1=NCCN1. The van der Waals surface area contributed by atoms with Crippen LogP contribution in [0.3, 0.4) is 0 Å². The van der Waals surface area contributed by atoms with Gasteiger partial charge in [0.05, 0.1) is 12.1 Å². The molecule has 0 aromatic heterocycles. The zero-order valence-electron chi connectivity index (χ0n) is 11.3. The van der Waals surface area contributed by atoms with E-state index in [0.717, 1.165) is 16.6 Å². The van der Waals surface area contributed by atoms with Gasteiger partial charge >= 0.3 is 0 Å². The third kappa shape index (κ3) is 3.24. The van der Waals surface area contributed by atoms with Crippen LogP contribution >= 0.6 is 15.9 Å². The van der Waals surface area contributed by atoms with Crippen molar-refractivity contribution in [2.75, 3.05) is 13.1 Å². The number of rotatable bonds is 4. The van der Waals surface area contributed by atoms with Gasteiger partial charge in [-0.3, -0.25) is 4.99 Å². The molecular weight excluding hydrogens is 335 g/mol. The minimum Gasteiger partial charge on any atom is -0.488 e. The molecule has 2 aromatic rings. The lowest BCUT2D eigenvalue weighted by atomic mass is 10.1. The van der Waals surface area contributed by atoms with Gasteiger partial charge in [0.25, 0.3) is 0 Å².